The number of carbonyl (C=O) groups is 1. The Kier molecular flexibility index (Phi) is 4.63. The second-order valence-electron chi connectivity index (χ2n) is 4.50. The highest BCUT2D eigenvalue weighted by molar-refractivity contribution is 6.31. The van der Waals surface area contributed by atoms with Crippen LogP contribution in [0.15, 0.2) is 54.7 Å². The van der Waals surface area contributed by atoms with E-state index in [9.17, 15) is 9.90 Å². The molecule has 0 aliphatic carbocycles. The average molecular weight is 315 g/mol. The zero-order chi connectivity index (χ0) is 14.8. The van der Waals surface area contributed by atoms with E-state index in [-0.39, 0.29) is 18.7 Å². The molecule has 3 aromatic rings. The maximum Gasteiger partial charge on any atom is 0.259 e. The number of phenolic OH excluding ortho intramolecular Hbond substituents is 1. The summed E-state index contributed by atoms with van der Waals surface area (Å²) < 4.78 is 0. The van der Waals surface area contributed by atoms with Gasteiger partial charge in [-0.3, -0.25) is 9.78 Å². The van der Waals surface area contributed by atoms with Gasteiger partial charge in [-0.2, -0.15) is 0 Å². The molecule has 1 heterocycles. The van der Waals surface area contributed by atoms with Gasteiger partial charge >= 0.3 is 0 Å². The topological polar surface area (TPSA) is 62.2 Å². The first-order chi connectivity index (χ1) is 10.1. The molecular weight excluding hydrogens is 300 g/mol. The van der Waals surface area contributed by atoms with Crippen molar-refractivity contribution >= 4 is 34.1 Å². The fourth-order valence-electron chi connectivity index (χ4n) is 2.08. The summed E-state index contributed by atoms with van der Waals surface area (Å²) >= 11 is 5.87. The minimum Gasteiger partial charge on any atom is -0.505 e. The Morgan fingerprint density at radius 1 is 1.14 bits per heavy atom. The minimum atomic E-state index is -0.415. The number of hydrogen-bond donors (Lipinski definition) is 2. The minimum absolute atomic E-state index is 0. The number of aromatic hydroxyl groups is 1. The molecule has 0 saturated heterocycles. The Bertz CT molecular complexity index is 834. The smallest absolute Gasteiger partial charge is 0.259 e. The number of pyridine rings is 1. The molecule has 2 N–H and O–H groups in total. The van der Waals surface area contributed by atoms with Crippen LogP contribution in [0.2, 0.25) is 5.02 Å². The van der Waals surface area contributed by atoms with E-state index in [1.807, 2.05) is 6.07 Å². The van der Waals surface area contributed by atoms with E-state index in [2.05, 4.69) is 10.3 Å². The predicted octanol–water partition coefficient (Wildman–Crippen LogP) is 4.48. The fraction of sp³-hybridized carbons (Fsp3) is 0.0588. The number of benzene rings is 2. The third-order valence-corrected chi connectivity index (χ3v) is 3.31. The van der Waals surface area contributed by atoms with E-state index in [1.165, 1.54) is 0 Å². The van der Waals surface area contributed by atoms with Crippen LogP contribution in [0.3, 0.4) is 0 Å². The van der Waals surface area contributed by atoms with E-state index in [1.54, 1.807) is 48.7 Å². The zero-order valence-corrected chi connectivity index (χ0v) is 11.6. The number of nitrogens with zero attached hydrogens (tertiary/aromatic N) is 1. The lowest BCUT2D eigenvalue weighted by Crippen LogP contribution is -2.12. The van der Waals surface area contributed by atoms with E-state index in [0.29, 0.717) is 16.2 Å². The molecule has 2 aromatic carbocycles. The van der Waals surface area contributed by atoms with Gasteiger partial charge in [0.2, 0.25) is 0 Å². The highest BCUT2D eigenvalue weighted by Gasteiger charge is 2.14. The molecule has 0 radical (unpaired) electrons. The highest BCUT2D eigenvalue weighted by atomic mass is 35.5. The van der Waals surface area contributed by atoms with Gasteiger partial charge in [-0.1, -0.05) is 37.2 Å². The second-order valence-corrected chi connectivity index (χ2v) is 4.94. The summed E-state index contributed by atoms with van der Waals surface area (Å²) in [5.41, 5.74) is 1.13. The standard InChI is InChI=1S/C16H11ClN2O2.CH4/c17-11-4-1-5-12(9-11)19-16(21)13-7-6-10-3-2-8-18-14(10)15(13)20;/h1-9,20H,(H,19,21);1H4. The van der Waals surface area contributed by atoms with Crippen molar-refractivity contribution in [2.45, 2.75) is 7.43 Å². The van der Waals surface area contributed by atoms with Gasteiger partial charge in [-0.05, 0) is 30.3 Å². The number of halogens is 1. The number of anilines is 1. The van der Waals surface area contributed by atoms with Crippen molar-refractivity contribution in [1.29, 1.82) is 0 Å². The fourth-order valence-corrected chi connectivity index (χ4v) is 2.27. The molecule has 0 aliphatic rings. The molecule has 1 amide bonds. The van der Waals surface area contributed by atoms with Gasteiger partial charge in [0.1, 0.15) is 5.52 Å². The van der Waals surface area contributed by atoms with Gasteiger partial charge in [0.05, 0.1) is 5.56 Å². The van der Waals surface area contributed by atoms with Crippen molar-refractivity contribution in [2.24, 2.45) is 0 Å². The summed E-state index contributed by atoms with van der Waals surface area (Å²) in [6.07, 6.45) is 1.57. The second kappa shape index (κ2) is 6.45. The van der Waals surface area contributed by atoms with Crippen LogP contribution in [-0.2, 0) is 0 Å². The molecule has 0 unspecified atom stereocenters. The summed E-state index contributed by atoms with van der Waals surface area (Å²) in [4.78, 5) is 16.3. The molecule has 0 spiro atoms. The Morgan fingerprint density at radius 2 is 1.95 bits per heavy atom. The van der Waals surface area contributed by atoms with Crippen molar-refractivity contribution in [1.82, 2.24) is 4.98 Å². The largest absolute Gasteiger partial charge is 0.505 e. The van der Waals surface area contributed by atoms with Crippen LogP contribution in [-0.4, -0.2) is 16.0 Å². The number of aromatic nitrogens is 1. The molecule has 0 saturated carbocycles. The lowest BCUT2D eigenvalue weighted by molar-refractivity contribution is 0.102. The molecule has 112 valence electrons. The quantitative estimate of drug-likeness (QED) is 0.733. The first-order valence-corrected chi connectivity index (χ1v) is 6.66. The lowest BCUT2D eigenvalue weighted by atomic mass is 10.1. The number of rotatable bonds is 2. The Labute approximate surface area is 133 Å². The lowest BCUT2D eigenvalue weighted by Gasteiger charge is -2.08. The number of phenols is 1. The number of amides is 1. The first-order valence-electron chi connectivity index (χ1n) is 6.29. The Balaban J connectivity index is 0.00000176. The molecule has 0 fully saturated rings. The summed E-state index contributed by atoms with van der Waals surface area (Å²) in [6, 6.07) is 13.7. The number of carbonyl (C=O) groups excluding carboxylic acids is 1. The van der Waals surface area contributed by atoms with Gasteiger partial charge < -0.3 is 10.4 Å². The van der Waals surface area contributed by atoms with Crippen molar-refractivity contribution in [3.8, 4) is 5.75 Å². The maximum absolute atomic E-state index is 12.2. The Morgan fingerprint density at radius 3 is 2.73 bits per heavy atom. The van der Waals surface area contributed by atoms with Crippen LogP contribution in [0.5, 0.6) is 5.75 Å². The van der Waals surface area contributed by atoms with Crippen LogP contribution in [0.4, 0.5) is 5.69 Å². The number of hydrogen-bond acceptors (Lipinski definition) is 3. The zero-order valence-electron chi connectivity index (χ0n) is 10.9. The van der Waals surface area contributed by atoms with Gasteiger partial charge in [0, 0.05) is 22.3 Å². The molecular formula is C17H15ClN2O2. The molecule has 3 rings (SSSR count). The average Bonchev–Trinajstić information content (AvgIpc) is 2.48. The molecule has 22 heavy (non-hydrogen) atoms. The van der Waals surface area contributed by atoms with E-state index in [0.717, 1.165) is 5.39 Å². The van der Waals surface area contributed by atoms with Crippen LogP contribution < -0.4 is 5.32 Å². The van der Waals surface area contributed by atoms with Crippen molar-refractivity contribution in [3.63, 3.8) is 0 Å². The Hall–Kier alpha value is -2.59. The van der Waals surface area contributed by atoms with Crippen LogP contribution >= 0.6 is 11.6 Å². The van der Waals surface area contributed by atoms with Crippen molar-refractivity contribution < 1.29 is 9.90 Å². The van der Waals surface area contributed by atoms with Crippen molar-refractivity contribution in [2.75, 3.05) is 5.32 Å². The molecule has 0 bridgehead atoms. The van der Waals surface area contributed by atoms with Gasteiger partial charge in [0.25, 0.3) is 5.91 Å². The summed E-state index contributed by atoms with van der Waals surface area (Å²) in [7, 11) is 0. The van der Waals surface area contributed by atoms with Gasteiger partial charge in [0.15, 0.2) is 5.75 Å². The van der Waals surface area contributed by atoms with E-state index >= 15 is 0 Å². The monoisotopic (exact) mass is 314 g/mol. The van der Waals surface area contributed by atoms with Crippen LogP contribution in [0.25, 0.3) is 10.9 Å². The molecule has 4 nitrogen and oxygen atoms in total. The third kappa shape index (κ3) is 3.02. The summed E-state index contributed by atoms with van der Waals surface area (Å²) in [5.74, 6) is -0.546. The maximum atomic E-state index is 12.2. The highest BCUT2D eigenvalue weighted by Crippen LogP contribution is 2.27. The van der Waals surface area contributed by atoms with Crippen LogP contribution in [0.1, 0.15) is 17.8 Å². The third-order valence-electron chi connectivity index (χ3n) is 3.08. The van der Waals surface area contributed by atoms with E-state index in [4.69, 9.17) is 11.6 Å². The SMILES string of the molecule is C.O=C(Nc1cccc(Cl)c1)c1ccc2cccnc2c1O. The van der Waals surface area contributed by atoms with Crippen molar-refractivity contribution in [3.05, 3.63) is 65.3 Å². The van der Waals surface area contributed by atoms with Gasteiger partial charge in [-0.15, -0.1) is 0 Å². The molecule has 5 heteroatoms. The number of nitrogens with one attached hydrogen (secondary N) is 1. The predicted molar refractivity (Wildman–Crippen MR) is 89.5 cm³/mol. The number of fused-ring (bicyclic) bond motifs is 1. The molecule has 0 aliphatic heterocycles. The summed E-state index contributed by atoms with van der Waals surface area (Å²) in [5, 5.41) is 14.2. The van der Waals surface area contributed by atoms with Gasteiger partial charge in [-0.25, -0.2) is 0 Å². The first kappa shape index (κ1) is 15.8. The molecule has 1 aromatic heterocycles. The van der Waals surface area contributed by atoms with Crippen LogP contribution in [0, 0.1) is 0 Å². The van der Waals surface area contributed by atoms with E-state index < -0.39 is 5.91 Å². The molecule has 0 atom stereocenters. The normalized spacial score (nSPS) is 10.0. The summed E-state index contributed by atoms with van der Waals surface area (Å²) in [6.45, 7) is 0.